The third-order valence-corrected chi connectivity index (χ3v) is 5.25. The van der Waals surface area contributed by atoms with Gasteiger partial charge in [0.1, 0.15) is 0 Å². The smallest absolute Gasteiger partial charge is 0.255 e. The SMILES string of the molecule is Cc1cc(N2CCN(C)CC2)ccc1NC(=O)c1ccc(Cl)c(Cl)c1. The van der Waals surface area contributed by atoms with Gasteiger partial charge in [0.25, 0.3) is 5.91 Å². The van der Waals surface area contributed by atoms with Crippen LogP contribution in [0.25, 0.3) is 0 Å². The maximum absolute atomic E-state index is 12.4. The van der Waals surface area contributed by atoms with Crippen LogP contribution in [-0.4, -0.2) is 44.0 Å². The third kappa shape index (κ3) is 4.27. The molecule has 1 saturated heterocycles. The molecule has 2 aromatic carbocycles. The summed E-state index contributed by atoms with van der Waals surface area (Å²) < 4.78 is 0. The van der Waals surface area contributed by atoms with Crippen molar-refractivity contribution in [2.24, 2.45) is 0 Å². The molecule has 1 heterocycles. The van der Waals surface area contributed by atoms with Crippen LogP contribution in [0.4, 0.5) is 11.4 Å². The Morgan fingerprint density at radius 3 is 2.36 bits per heavy atom. The molecule has 2 aromatic rings. The number of benzene rings is 2. The van der Waals surface area contributed by atoms with Gasteiger partial charge in [-0.2, -0.15) is 0 Å². The zero-order chi connectivity index (χ0) is 18.0. The van der Waals surface area contributed by atoms with Crippen molar-refractivity contribution in [3.05, 3.63) is 57.6 Å². The topological polar surface area (TPSA) is 35.6 Å². The van der Waals surface area contributed by atoms with E-state index in [1.54, 1.807) is 18.2 Å². The number of aryl methyl sites for hydroxylation is 1. The van der Waals surface area contributed by atoms with E-state index in [4.69, 9.17) is 23.2 Å². The van der Waals surface area contributed by atoms with Gasteiger partial charge < -0.3 is 15.1 Å². The van der Waals surface area contributed by atoms with Crippen molar-refractivity contribution >= 4 is 40.5 Å². The Balaban J connectivity index is 1.72. The lowest BCUT2D eigenvalue weighted by atomic mass is 10.1. The number of amides is 1. The highest BCUT2D eigenvalue weighted by atomic mass is 35.5. The van der Waals surface area contributed by atoms with E-state index in [0.29, 0.717) is 15.6 Å². The Morgan fingerprint density at radius 2 is 1.72 bits per heavy atom. The summed E-state index contributed by atoms with van der Waals surface area (Å²) in [5.41, 5.74) is 3.51. The zero-order valence-electron chi connectivity index (χ0n) is 14.4. The van der Waals surface area contributed by atoms with Crippen molar-refractivity contribution < 1.29 is 4.79 Å². The fourth-order valence-corrected chi connectivity index (χ4v) is 3.18. The molecule has 3 rings (SSSR count). The summed E-state index contributed by atoms with van der Waals surface area (Å²) in [6.07, 6.45) is 0. The average molecular weight is 378 g/mol. The molecule has 0 saturated carbocycles. The summed E-state index contributed by atoms with van der Waals surface area (Å²) in [5.74, 6) is -0.200. The van der Waals surface area contributed by atoms with E-state index in [0.717, 1.165) is 37.4 Å². The van der Waals surface area contributed by atoms with Gasteiger partial charge in [-0.15, -0.1) is 0 Å². The van der Waals surface area contributed by atoms with Crippen LogP contribution in [0.15, 0.2) is 36.4 Å². The van der Waals surface area contributed by atoms with Gasteiger partial charge in [0, 0.05) is 43.1 Å². The number of rotatable bonds is 3. The Morgan fingerprint density at radius 1 is 1.00 bits per heavy atom. The Kier molecular flexibility index (Phi) is 5.52. The minimum Gasteiger partial charge on any atom is -0.369 e. The van der Waals surface area contributed by atoms with Gasteiger partial charge in [-0.05, 0) is 55.9 Å². The van der Waals surface area contributed by atoms with Gasteiger partial charge in [0.15, 0.2) is 0 Å². The molecule has 0 aliphatic carbocycles. The Bertz CT molecular complexity index is 786. The summed E-state index contributed by atoms with van der Waals surface area (Å²) in [5, 5.41) is 3.75. The number of nitrogens with one attached hydrogen (secondary N) is 1. The van der Waals surface area contributed by atoms with Gasteiger partial charge in [0.05, 0.1) is 10.0 Å². The molecule has 1 amide bonds. The van der Waals surface area contributed by atoms with Crippen LogP contribution in [0.3, 0.4) is 0 Å². The highest BCUT2D eigenvalue weighted by molar-refractivity contribution is 6.42. The van der Waals surface area contributed by atoms with Crippen LogP contribution in [0.2, 0.25) is 10.0 Å². The summed E-state index contributed by atoms with van der Waals surface area (Å²) in [4.78, 5) is 17.1. The maximum atomic E-state index is 12.4. The first-order chi connectivity index (χ1) is 11.9. The third-order valence-electron chi connectivity index (χ3n) is 4.51. The number of anilines is 2. The first-order valence-corrected chi connectivity index (χ1v) is 9.00. The van der Waals surface area contributed by atoms with Gasteiger partial charge in [-0.1, -0.05) is 23.2 Å². The predicted molar refractivity (Wildman–Crippen MR) is 105 cm³/mol. The monoisotopic (exact) mass is 377 g/mol. The predicted octanol–water partition coefficient (Wildman–Crippen LogP) is 4.31. The molecule has 4 nitrogen and oxygen atoms in total. The molecule has 1 aliphatic rings. The van der Waals surface area contributed by atoms with Crippen LogP contribution in [0.1, 0.15) is 15.9 Å². The molecule has 1 aliphatic heterocycles. The minimum absolute atomic E-state index is 0.200. The lowest BCUT2D eigenvalue weighted by Crippen LogP contribution is -2.44. The number of nitrogens with zero attached hydrogens (tertiary/aromatic N) is 2. The molecular formula is C19H21Cl2N3O. The van der Waals surface area contributed by atoms with Crippen molar-refractivity contribution in [1.29, 1.82) is 0 Å². The van der Waals surface area contributed by atoms with Crippen molar-refractivity contribution in [1.82, 2.24) is 4.90 Å². The molecule has 1 N–H and O–H groups in total. The molecule has 25 heavy (non-hydrogen) atoms. The molecule has 132 valence electrons. The Labute approximate surface area is 158 Å². The average Bonchev–Trinajstić information content (AvgIpc) is 2.59. The quantitative estimate of drug-likeness (QED) is 0.865. The first-order valence-electron chi connectivity index (χ1n) is 8.24. The Hall–Kier alpha value is -1.75. The summed E-state index contributed by atoms with van der Waals surface area (Å²) in [6.45, 7) is 6.17. The van der Waals surface area contributed by atoms with E-state index < -0.39 is 0 Å². The molecule has 0 spiro atoms. The number of likely N-dealkylation sites (N-methyl/N-ethyl adjacent to an activating group) is 1. The van der Waals surface area contributed by atoms with Crippen LogP contribution >= 0.6 is 23.2 Å². The second kappa shape index (κ2) is 7.65. The number of carbonyl (C=O) groups excluding carboxylic acids is 1. The molecule has 0 aromatic heterocycles. The summed E-state index contributed by atoms with van der Waals surface area (Å²) in [6, 6.07) is 11.0. The van der Waals surface area contributed by atoms with E-state index in [1.165, 1.54) is 5.69 Å². The standard InChI is InChI=1S/C19H21Cl2N3O/c1-13-11-15(24-9-7-23(2)8-10-24)4-6-18(13)22-19(25)14-3-5-16(20)17(21)12-14/h3-6,11-12H,7-10H2,1-2H3,(H,22,25). The largest absolute Gasteiger partial charge is 0.369 e. The van der Waals surface area contributed by atoms with Crippen molar-refractivity contribution in [3.8, 4) is 0 Å². The fourth-order valence-electron chi connectivity index (χ4n) is 2.88. The van der Waals surface area contributed by atoms with Gasteiger partial charge >= 0.3 is 0 Å². The molecule has 0 unspecified atom stereocenters. The number of hydrogen-bond donors (Lipinski definition) is 1. The van der Waals surface area contributed by atoms with Gasteiger partial charge in [0.2, 0.25) is 0 Å². The van der Waals surface area contributed by atoms with Crippen LogP contribution < -0.4 is 10.2 Å². The maximum Gasteiger partial charge on any atom is 0.255 e. The lowest BCUT2D eigenvalue weighted by molar-refractivity contribution is 0.102. The molecule has 0 bridgehead atoms. The molecule has 1 fully saturated rings. The van der Waals surface area contributed by atoms with Crippen LogP contribution in [0, 0.1) is 6.92 Å². The molecule has 0 atom stereocenters. The number of piperazine rings is 1. The van der Waals surface area contributed by atoms with Crippen molar-refractivity contribution in [2.45, 2.75) is 6.92 Å². The van der Waals surface area contributed by atoms with Gasteiger partial charge in [-0.25, -0.2) is 0 Å². The normalized spacial score (nSPS) is 15.3. The summed E-state index contributed by atoms with van der Waals surface area (Å²) in [7, 11) is 2.14. The number of carbonyl (C=O) groups is 1. The van der Waals surface area contributed by atoms with Crippen LogP contribution in [-0.2, 0) is 0 Å². The van der Waals surface area contributed by atoms with E-state index in [2.05, 4.69) is 34.3 Å². The minimum atomic E-state index is -0.200. The van der Waals surface area contributed by atoms with E-state index in [9.17, 15) is 4.79 Å². The summed E-state index contributed by atoms with van der Waals surface area (Å²) >= 11 is 11.9. The van der Waals surface area contributed by atoms with Crippen LogP contribution in [0.5, 0.6) is 0 Å². The number of hydrogen-bond acceptors (Lipinski definition) is 3. The lowest BCUT2D eigenvalue weighted by Gasteiger charge is -2.34. The highest BCUT2D eigenvalue weighted by Crippen LogP contribution is 2.26. The van der Waals surface area contributed by atoms with Crippen molar-refractivity contribution in [3.63, 3.8) is 0 Å². The molecular weight excluding hydrogens is 357 g/mol. The highest BCUT2D eigenvalue weighted by Gasteiger charge is 2.15. The molecule has 0 radical (unpaired) electrons. The molecule has 6 heteroatoms. The van der Waals surface area contributed by atoms with Crippen molar-refractivity contribution in [2.75, 3.05) is 43.4 Å². The van der Waals surface area contributed by atoms with Gasteiger partial charge in [-0.3, -0.25) is 4.79 Å². The van der Waals surface area contributed by atoms with E-state index >= 15 is 0 Å². The fraction of sp³-hybridized carbons (Fsp3) is 0.316. The van der Waals surface area contributed by atoms with E-state index in [1.807, 2.05) is 13.0 Å². The first kappa shape index (κ1) is 18.1. The zero-order valence-corrected chi connectivity index (χ0v) is 15.9. The second-order valence-corrected chi connectivity index (χ2v) is 7.19. The second-order valence-electron chi connectivity index (χ2n) is 6.37. The number of halogens is 2. The van der Waals surface area contributed by atoms with E-state index in [-0.39, 0.29) is 5.91 Å².